The molecule has 1 aromatic rings. The van der Waals surface area contributed by atoms with Crippen LogP contribution in [-0.2, 0) is 0 Å². The minimum atomic E-state index is -4.68. The highest BCUT2D eigenvalue weighted by Crippen LogP contribution is 2.26. The van der Waals surface area contributed by atoms with Crippen molar-refractivity contribution in [3.05, 3.63) is 29.1 Å². The highest BCUT2D eigenvalue weighted by atomic mass is 35.5. The number of aliphatic imine (C=N–C) groups is 1. The van der Waals surface area contributed by atoms with E-state index in [0.717, 1.165) is 0 Å². The number of benzene rings is 1. The topological polar surface area (TPSA) is 12.4 Å². The largest absolute Gasteiger partial charge is 0.444 e. The molecule has 1 rings (SSSR count). The van der Waals surface area contributed by atoms with E-state index in [4.69, 9.17) is 11.6 Å². The maximum Gasteiger partial charge on any atom is 0.444 e. The molecule has 0 bridgehead atoms. The fraction of sp³-hybridized carbons (Fsp3) is 0.300. The Morgan fingerprint density at radius 1 is 1.19 bits per heavy atom. The van der Waals surface area contributed by atoms with E-state index in [1.54, 1.807) is 0 Å². The lowest BCUT2D eigenvalue weighted by Gasteiger charge is -2.05. The number of aryl methyl sites for hydroxylation is 2. The Bertz CT molecular complexity index is 414. The van der Waals surface area contributed by atoms with Crippen LogP contribution >= 0.6 is 11.6 Å². The molecule has 0 aliphatic heterocycles. The maximum absolute atomic E-state index is 13.2. The van der Waals surface area contributed by atoms with Crippen molar-refractivity contribution in [1.29, 1.82) is 0 Å². The van der Waals surface area contributed by atoms with E-state index in [0.29, 0.717) is 0 Å². The molecule has 1 nitrogen and oxygen atoms in total. The molecule has 0 amide bonds. The summed E-state index contributed by atoms with van der Waals surface area (Å²) < 4.78 is 49.4. The van der Waals surface area contributed by atoms with Crippen LogP contribution in [0.1, 0.15) is 11.1 Å². The minimum absolute atomic E-state index is 0.0151. The molecule has 0 aromatic heterocycles. The summed E-state index contributed by atoms with van der Waals surface area (Å²) in [5.74, 6) is -0.456. The van der Waals surface area contributed by atoms with Crippen molar-refractivity contribution < 1.29 is 17.6 Å². The summed E-state index contributed by atoms with van der Waals surface area (Å²) in [6, 6.07) is 2.41. The third-order valence-corrected chi connectivity index (χ3v) is 2.18. The lowest BCUT2D eigenvalue weighted by atomic mass is 10.1. The van der Waals surface area contributed by atoms with Crippen molar-refractivity contribution >= 4 is 22.5 Å². The average Bonchev–Trinajstić information content (AvgIpc) is 2.12. The van der Waals surface area contributed by atoms with E-state index in [1.165, 1.54) is 26.0 Å². The molecule has 0 radical (unpaired) electrons. The van der Waals surface area contributed by atoms with Gasteiger partial charge >= 0.3 is 6.18 Å². The first-order chi connectivity index (χ1) is 7.21. The van der Waals surface area contributed by atoms with E-state index in [1.807, 2.05) is 0 Å². The molecular formula is C10H8ClF4N. The average molecular weight is 254 g/mol. The molecule has 6 heteroatoms. The van der Waals surface area contributed by atoms with Gasteiger partial charge in [-0.1, -0.05) is 11.6 Å². The van der Waals surface area contributed by atoms with Crippen molar-refractivity contribution in [1.82, 2.24) is 0 Å². The Hall–Kier alpha value is -1.10. The number of rotatable bonds is 1. The molecule has 1 aromatic carbocycles. The Balaban J connectivity index is 3.17. The first kappa shape index (κ1) is 13.0. The molecule has 0 saturated carbocycles. The predicted molar refractivity (Wildman–Crippen MR) is 54.9 cm³/mol. The second-order valence-electron chi connectivity index (χ2n) is 3.29. The summed E-state index contributed by atoms with van der Waals surface area (Å²) in [7, 11) is 0. The van der Waals surface area contributed by atoms with Crippen LogP contribution in [0.15, 0.2) is 17.1 Å². The highest BCUT2D eigenvalue weighted by Gasteiger charge is 2.34. The molecule has 0 aliphatic carbocycles. The van der Waals surface area contributed by atoms with Gasteiger partial charge in [-0.15, -0.1) is 0 Å². The van der Waals surface area contributed by atoms with Crippen LogP contribution in [0.3, 0.4) is 0 Å². The molecule has 0 aliphatic rings. The van der Waals surface area contributed by atoms with Crippen LogP contribution in [0.25, 0.3) is 0 Å². The standard InChI is InChI=1S/C10H8ClF4N/c1-5-3-7(4-6(2)8(5)12)16-9(11)10(13,14)15/h3-4H,1-2H3. The molecule has 0 atom stereocenters. The molecular weight excluding hydrogens is 246 g/mol. The monoisotopic (exact) mass is 253 g/mol. The van der Waals surface area contributed by atoms with Crippen LogP contribution in [-0.4, -0.2) is 11.3 Å². The van der Waals surface area contributed by atoms with Gasteiger partial charge in [-0.3, -0.25) is 0 Å². The highest BCUT2D eigenvalue weighted by molar-refractivity contribution is 6.67. The normalized spacial score (nSPS) is 13.1. The van der Waals surface area contributed by atoms with E-state index in [2.05, 4.69) is 4.99 Å². The Morgan fingerprint density at radius 2 is 1.62 bits per heavy atom. The van der Waals surface area contributed by atoms with Crippen molar-refractivity contribution in [2.45, 2.75) is 20.0 Å². The maximum atomic E-state index is 13.2. The molecule has 0 saturated heterocycles. The zero-order chi connectivity index (χ0) is 12.5. The van der Waals surface area contributed by atoms with Gasteiger partial charge in [0.2, 0.25) is 5.17 Å². The van der Waals surface area contributed by atoms with Crippen molar-refractivity contribution in [2.75, 3.05) is 0 Å². The molecule has 16 heavy (non-hydrogen) atoms. The summed E-state index contributed by atoms with van der Waals surface area (Å²) >= 11 is 4.97. The van der Waals surface area contributed by atoms with E-state index in [9.17, 15) is 17.6 Å². The van der Waals surface area contributed by atoms with E-state index < -0.39 is 17.2 Å². The van der Waals surface area contributed by atoms with Crippen LogP contribution in [0.2, 0.25) is 0 Å². The third kappa shape index (κ3) is 2.95. The second kappa shape index (κ2) is 4.41. The second-order valence-corrected chi connectivity index (χ2v) is 3.65. The van der Waals surface area contributed by atoms with Crippen molar-refractivity contribution in [2.24, 2.45) is 4.99 Å². The van der Waals surface area contributed by atoms with Crippen LogP contribution < -0.4 is 0 Å². The van der Waals surface area contributed by atoms with Crippen LogP contribution in [0, 0.1) is 19.7 Å². The number of nitrogens with zero attached hydrogens (tertiary/aromatic N) is 1. The summed E-state index contributed by atoms with van der Waals surface area (Å²) in [5.41, 5.74) is 0.439. The number of alkyl halides is 3. The lowest BCUT2D eigenvalue weighted by molar-refractivity contribution is -0.0558. The summed E-state index contributed by atoms with van der Waals surface area (Å²) in [6.07, 6.45) is -4.68. The van der Waals surface area contributed by atoms with Gasteiger partial charge in [-0.05, 0) is 37.1 Å². The Morgan fingerprint density at radius 3 is 2.00 bits per heavy atom. The van der Waals surface area contributed by atoms with Crippen LogP contribution in [0.5, 0.6) is 0 Å². The predicted octanol–water partition coefficient (Wildman–Crippen LogP) is 4.27. The zero-order valence-electron chi connectivity index (χ0n) is 8.49. The third-order valence-electron chi connectivity index (χ3n) is 1.88. The first-order valence-electron chi connectivity index (χ1n) is 4.30. The van der Waals surface area contributed by atoms with Gasteiger partial charge in [0, 0.05) is 0 Å². The van der Waals surface area contributed by atoms with E-state index in [-0.39, 0.29) is 16.8 Å². The minimum Gasteiger partial charge on any atom is -0.232 e. The number of hydrogen-bond acceptors (Lipinski definition) is 1. The summed E-state index contributed by atoms with van der Waals surface area (Å²) in [4.78, 5) is 3.18. The van der Waals surface area contributed by atoms with Gasteiger partial charge in [-0.2, -0.15) is 13.2 Å². The molecule has 0 N–H and O–H groups in total. The first-order valence-corrected chi connectivity index (χ1v) is 4.67. The quantitative estimate of drug-likeness (QED) is 0.523. The molecule has 88 valence electrons. The number of halogens is 5. The molecule has 0 heterocycles. The molecule has 0 fully saturated rings. The Labute approximate surface area is 94.8 Å². The zero-order valence-corrected chi connectivity index (χ0v) is 9.25. The number of hydrogen-bond donors (Lipinski definition) is 0. The van der Waals surface area contributed by atoms with Gasteiger partial charge in [-0.25, -0.2) is 9.38 Å². The molecule has 0 spiro atoms. The van der Waals surface area contributed by atoms with Gasteiger partial charge in [0.05, 0.1) is 5.69 Å². The summed E-state index contributed by atoms with van der Waals surface area (Å²) in [5, 5.41) is -1.47. The van der Waals surface area contributed by atoms with Crippen molar-refractivity contribution in [3.63, 3.8) is 0 Å². The van der Waals surface area contributed by atoms with Crippen molar-refractivity contribution in [3.8, 4) is 0 Å². The van der Waals surface area contributed by atoms with E-state index >= 15 is 0 Å². The van der Waals surface area contributed by atoms with Gasteiger partial charge in [0.15, 0.2) is 0 Å². The van der Waals surface area contributed by atoms with Gasteiger partial charge < -0.3 is 0 Å². The SMILES string of the molecule is Cc1cc(N=C(Cl)C(F)(F)F)cc(C)c1F. The fourth-order valence-electron chi connectivity index (χ4n) is 1.16. The van der Waals surface area contributed by atoms with Gasteiger partial charge in [0.25, 0.3) is 0 Å². The molecule has 0 unspecified atom stereocenters. The Kier molecular flexibility index (Phi) is 3.57. The summed E-state index contributed by atoms with van der Waals surface area (Å²) in [6.45, 7) is 2.89. The van der Waals surface area contributed by atoms with Crippen LogP contribution in [0.4, 0.5) is 23.2 Å². The van der Waals surface area contributed by atoms with Gasteiger partial charge in [0.1, 0.15) is 5.82 Å². The fourth-order valence-corrected chi connectivity index (χ4v) is 1.26. The lowest BCUT2D eigenvalue weighted by Crippen LogP contribution is -2.16. The smallest absolute Gasteiger partial charge is 0.232 e.